The van der Waals surface area contributed by atoms with Gasteiger partial charge in [0.2, 0.25) is 11.7 Å². The summed E-state index contributed by atoms with van der Waals surface area (Å²) in [5.41, 5.74) is 1.28. The number of aliphatic carboxylic acids is 1. The number of hydrogen-bond donors (Lipinski definition) is 1. The first-order valence-electron chi connectivity index (χ1n) is 8.63. The lowest BCUT2D eigenvalue weighted by Crippen LogP contribution is -2.43. The largest absolute Gasteiger partial charge is 0.480 e. The molecule has 0 spiro atoms. The van der Waals surface area contributed by atoms with Crippen LogP contribution in [-0.2, 0) is 4.79 Å². The van der Waals surface area contributed by atoms with Gasteiger partial charge in [-0.1, -0.05) is 24.6 Å². The van der Waals surface area contributed by atoms with Gasteiger partial charge in [0, 0.05) is 12.1 Å². The van der Waals surface area contributed by atoms with Crippen molar-refractivity contribution in [2.75, 3.05) is 6.54 Å². The van der Waals surface area contributed by atoms with E-state index in [9.17, 15) is 14.7 Å². The Morgan fingerprint density at radius 3 is 2.72 bits per heavy atom. The summed E-state index contributed by atoms with van der Waals surface area (Å²) in [7, 11) is 0. The molecule has 2 aromatic rings. The first-order chi connectivity index (χ1) is 12.1. The standard InChI is InChI=1S/C19H20N2O4/c1-11-16(25-17(20-11)12-6-3-2-4-7-12)18(22)21-10-13-8-5-9-14(13)15(21)19(23)24/h2-4,6-7,13-15H,5,8-10H2,1H3,(H,23,24)/t13-,14+,15-/m0/s1. The van der Waals surface area contributed by atoms with Crippen molar-refractivity contribution in [3.8, 4) is 11.5 Å². The number of hydrogen-bond acceptors (Lipinski definition) is 4. The molecule has 2 fully saturated rings. The summed E-state index contributed by atoms with van der Waals surface area (Å²) in [6.07, 6.45) is 2.90. The van der Waals surface area contributed by atoms with E-state index < -0.39 is 12.0 Å². The summed E-state index contributed by atoms with van der Waals surface area (Å²) in [4.78, 5) is 30.6. The molecule has 1 saturated carbocycles. The Kier molecular flexibility index (Phi) is 3.82. The molecule has 130 valence electrons. The molecular weight excluding hydrogens is 320 g/mol. The monoisotopic (exact) mass is 340 g/mol. The lowest BCUT2D eigenvalue weighted by Gasteiger charge is -2.23. The van der Waals surface area contributed by atoms with Crippen LogP contribution in [0.1, 0.15) is 35.5 Å². The first kappa shape index (κ1) is 15.9. The highest BCUT2D eigenvalue weighted by Gasteiger charge is 2.50. The third-order valence-corrected chi connectivity index (χ3v) is 5.42. The minimum atomic E-state index is -0.928. The van der Waals surface area contributed by atoms with E-state index in [0.29, 0.717) is 18.1 Å². The third-order valence-electron chi connectivity index (χ3n) is 5.42. The molecule has 4 rings (SSSR count). The molecule has 6 nitrogen and oxygen atoms in total. The molecule has 1 aliphatic carbocycles. The highest BCUT2D eigenvalue weighted by molar-refractivity contribution is 5.96. The highest BCUT2D eigenvalue weighted by atomic mass is 16.4. The average Bonchev–Trinajstić information content (AvgIpc) is 3.28. The third kappa shape index (κ3) is 2.62. The normalized spacial score (nSPS) is 25.2. The van der Waals surface area contributed by atoms with Crippen LogP contribution in [-0.4, -0.2) is 39.5 Å². The van der Waals surface area contributed by atoms with Crippen LogP contribution in [0.4, 0.5) is 0 Å². The molecule has 1 aliphatic heterocycles. The molecule has 0 unspecified atom stereocenters. The summed E-state index contributed by atoms with van der Waals surface area (Å²) in [6, 6.07) is 8.60. The van der Waals surface area contributed by atoms with Crippen LogP contribution in [0.25, 0.3) is 11.5 Å². The van der Waals surface area contributed by atoms with Gasteiger partial charge < -0.3 is 14.4 Å². The predicted molar refractivity (Wildman–Crippen MR) is 90.0 cm³/mol. The number of carbonyl (C=O) groups is 2. The van der Waals surface area contributed by atoms with Crippen molar-refractivity contribution < 1.29 is 19.1 Å². The smallest absolute Gasteiger partial charge is 0.326 e. The molecule has 1 N–H and O–H groups in total. The summed E-state index contributed by atoms with van der Waals surface area (Å²) < 4.78 is 5.73. The Balaban J connectivity index is 1.65. The van der Waals surface area contributed by atoms with E-state index >= 15 is 0 Å². The lowest BCUT2D eigenvalue weighted by atomic mass is 9.94. The molecule has 1 amide bonds. The van der Waals surface area contributed by atoms with Gasteiger partial charge in [0.05, 0.1) is 5.69 Å². The zero-order chi connectivity index (χ0) is 17.6. The molecular formula is C19H20N2O4. The average molecular weight is 340 g/mol. The van der Waals surface area contributed by atoms with Gasteiger partial charge in [-0.2, -0.15) is 0 Å². The number of nitrogens with zero attached hydrogens (tertiary/aromatic N) is 2. The van der Waals surface area contributed by atoms with Crippen molar-refractivity contribution >= 4 is 11.9 Å². The van der Waals surface area contributed by atoms with Crippen molar-refractivity contribution in [3.05, 3.63) is 41.8 Å². The zero-order valence-electron chi connectivity index (χ0n) is 14.0. The second-order valence-corrected chi connectivity index (χ2v) is 6.90. The van der Waals surface area contributed by atoms with Gasteiger partial charge in [-0.15, -0.1) is 0 Å². The molecule has 0 radical (unpaired) electrons. The van der Waals surface area contributed by atoms with Crippen LogP contribution in [0.15, 0.2) is 34.7 Å². The summed E-state index contributed by atoms with van der Waals surface area (Å²) in [6.45, 7) is 2.21. The first-order valence-corrected chi connectivity index (χ1v) is 8.63. The molecule has 1 aromatic heterocycles. The Labute approximate surface area is 145 Å². The number of likely N-dealkylation sites (tertiary alicyclic amines) is 1. The fourth-order valence-electron chi connectivity index (χ4n) is 4.26. The predicted octanol–water partition coefficient (Wildman–Crippen LogP) is 2.98. The molecule has 0 bridgehead atoms. The Bertz CT molecular complexity index is 814. The van der Waals surface area contributed by atoms with Crippen molar-refractivity contribution in [1.29, 1.82) is 0 Å². The Morgan fingerprint density at radius 2 is 2.00 bits per heavy atom. The SMILES string of the molecule is Cc1nc(-c2ccccc2)oc1C(=O)N1C[C@@H]2CCC[C@H]2[C@H]1C(=O)O. The second-order valence-electron chi connectivity index (χ2n) is 6.90. The lowest BCUT2D eigenvalue weighted by molar-refractivity contribution is -0.142. The van der Waals surface area contributed by atoms with Crippen molar-refractivity contribution in [2.45, 2.75) is 32.2 Å². The van der Waals surface area contributed by atoms with Gasteiger partial charge in [0.15, 0.2) is 0 Å². The molecule has 3 atom stereocenters. The number of amides is 1. The van der Waals surface area contributed by atoms with Crippen LogP contribution < -0.4 is 0 Å². The highest BCUT2D eigenvalue weighted by Crippen LogP contribution is 2.43. The van der Waals surface area contributed by atoms with E-state index in [2.05, 4.69) is 4.98 Å². The van der Waals surface area contributed by atoms with Crippen LogP contribution in [0, 0.1) is 18.8 Å². The molecule has 2 aliphatic rings. The number of oxazole rings is 1. The zero-order valence-corrected chi connectivity index (χ0v) is 14.0. The maximum absolute atomic E-state index is 13.0. The van der Waals surface area contributed by atoms with Gasteiger partial charge in [-0.3, -0.25) is 4.79 Å². The molecule has 1 saturated heterocycles. The van der Waals surface area contributed by atoms with Gasteiger partial charge in [-0.05, 0) is 43.7 Å². The van der Waals surface area contributed by atoms with Crippen LogP contribution in [0.2, 0.25) is 0 Å². The van der Waals surface area contributed by atoms with E-state index in [-0.39, 0.29) is 23.5 Å². The quantitative estimate of drug-likeness (QED) is 0.928. The minimum Gasteiger partial charge on any atom is -0.480 e. The fraction of sp³-hybridized carbons (Fsp3) is 0.421. The topological polar surface area (TPSA) is 83.6 Å². The van der Waals surface area contributed by atoms with Crippen LogP contribution in [0.3, 0.4) is 0 Å². The van der Waals surface area contributed by atoms with Crippen LogP contribution >= 0.6 is 0 Å². The van der Waals surface area contributed by atoms with Crippen molar-refractivity contribution in [2.24, 2.45) is 11.8 Å². The maximum atomic E-state index is 13.0. The summed E-state index contributed by atoms with van der Waals surface area (Å²) in [5.74, 6) is -0.435. The van der Waals surface area contributed by atoms with Gasteiger partial charge in [0.1, 0.15) is 6.04 Å². The molecule has 1 aromatic carbocycles. The summed E-state index contributed by atoms with van der Waals surface area (Å²) >= 11 is 0. The number of benzene rings is 1. The number of carboxylic acid groups (broad SMARTS) is 1. The number of fused-ring (bicyclic) bond motifs is 1. The van der Waals surface area contributed by atoms with Gasteiger partial charge in [-0.25, -0.2) is 9.78 Å². The number of aromatic nitrogens is 1. The van der Waals surface area contributed by atoms with Crippen molar-refractivity contribution in [1.82, 2.24) is 9.88 Å². The number of aryl methyl sites for hydroxylation is 1. The Hall–Kier alpha value is -2.63. The van der Waals surface area contributed by atoms with E-state index in [1.165, 1.54) is 4.90 Å². The maximum Gasteiger partial charge on any atom is 0.326 e. The fourth-order valence-corrected chi connectivity index (χ4v) is 4.26. The van der Waals surface area contributed by atoms with Gasteiger partial charge >= 0.3 is 5.97 Å². The van der Waals surface area contributed by atoms with Crippen LogP contribution in [0.5, 0.6) is 0 Å². The van der Waals surface area contributed by atoms with E-state index in [1.807, 2.05) is 30.3 Å². The summed E-state index contributed by atoms with van der Waals surface area (Å²) in [5, 5.41) is 9.64. The number of rotatable bonds is 3. The van der Waals surface area contributed by atoms with E-state index in [0.717, 1.165) is 24.8 Å². The number of carboxylic acids is 1. The second kappa shape index (κ2) is 6.02. The molecule has 6 heteroatoms. The van der Waals surface area contributed by atoms with E-state index in [1.54, 1.807) is 6.92 Å². The van der Waals surface area contributed by atoms with Gasteiger partial charge in [0.25, 0.3) is 5.91 Å². The molecule has 25 heavy (non-hydrogen) atoms. The molecule has 2 heterocycles. The minimum absolute atomic E-state index is 0.0540. The number of carbonyl (C=O) groups excluding carboxylic acids is 1. The van der Waals surface area contributed by atoms with Crippen molar-refractivity contribution in [3.63, 3.8) is 0 Å². The Morgan fingerprint density at radius 1 is 1.24 bits per heavy atom. The van der Waals surface area contributed by atoms with E-state index in [4.69, 9.17) is 4.42 Å².